The maximum atomic E-state index is 11.7. The van der Waals surface area contributed by atoms with E-state index in [1.807, 2.05) is 0 Å². The molecule has 96 valence electrons. The van der Waals surface area contributed by atoms with Gasteiger partial charge in [-0.3, -0.25) is 0 Å². The number of aliphatic hydroxyl groups is 1. The van der Waals surface area contributed by atoms with Gasteiger partial charge in [0.05, 0.1) is 5.75 Å². The van der Waals surface area contributed by atoms with E-state index in [1.165, 1.54) is 19.1 Å². The molecule has 2 atom stereocenters. The first kappa shape index (κ1) is 15.2. The number of rotatable bonds is 4. The number of alkyl halides is 2. The van der Waals surface area contributed by atoms with Crippen LogP contribution in [0.25, 0.3) is 0 Å². The Bertz CT molecular complexity index is 485. The van der Waals surface area contributed by atoms with Crippen LogP contribution < -0.4 is 0 Å². The fourth-order valence-electron chi connectivity index (χ4n) is 1.20. The smallest absolute Gasteiger partial charge is 0.229 e. The summed E-state index contributed by atoms with van der Waals surface area (Å²) in [5.74, 6) is -0.174. The summed E-state index contributed by atoms with van der Waals surface area (Å²) in [6.45, 7) is 1.46. The molecule has 0 fully saturated rings. The SMILES string of the molecule is CCS(=O)(=O)[C@@](Cl)(Br)[C@H](O)c1ccc(Cl)cc1. The quantitative estimate of drug-likeness (QED) is 0.838. The molecule has 0 heterocycles. The van der Waals surface area contributed by atoms with Crippen molar-refractivity contribution in [1.29, 1.82) is 0 Å². The van der Waals surface area contributed by atoms with Crippen LogP contribution in [0.3, 0.4) is 0 Å². The average Bonchev–Trinajstić information content (AvgIpc) is 2.28. The summed E-state index contributed by atoms with van der Waals surface area (Å²) in [5.41, 5.74) is 0.373. The summed E-state index contributed by atoms with van der Waals surface area (Å²) in [7, 11) is -3.66. The second kappa shape index (κ2) is 5.45. The van der Waals surface area contributed by atoms with Crippen LogP contribution >= 0.6 is 39.1 Å². The molecule has 17 heavy (non-hydrogen) atoms. The van der Waals surface area contributed by atoms with Crippen molar-refractivity contribution >= 4 is 49.0 Å². The first-order valence-electron chi connectivity index (χ1n) is 4.76. The van der Waals surface area contributed by atoms with Crippen LogP contribution in [0.4, 0.5) is 0 Å². The van der Waals surface area contributed by atoms with Gasteiger partial charge in [-0.2, -0.15) is 0 Å². The highest BCUT2D eigenvalue weighted by molar-refractivity contribution is 9.12. The molecule has 0 saturated carbocycles. The molecule has 0 aliphatic rings. The average molecular weight is 362 g/mol. The Morgan fingerprint density at radius 3 is 2.29 bits per heavy atom. The Labute approximate surface area is 119 Å². The first-order chi connectivity index (χ1) is 7.72. The van der Waals surface area contributed by atoms with Gasteiger partial charge < -0.3 is 5.11 Å². The predicted octanol–water partition coefficient (Wildman–Crippen LogP) is 3.10. The second-order valence-electron chi connectivity index (χ2n) is 3.42. The molecular weight excluding hydrogens is 351 g/mol. The molecule has 1 rings (SSSR count). The zero-order valence-corrected chi connectivity index (χ0v) is 12.8. The molecule has 0 aromatic heterocycles. The molecule has 0 amide bonds. The van der Waals surface area contributed by atoms with Gasteiger partial charge in [0.25, 0.3) is 0 Å². The minimum absolute atomic E-state index is 0.174. The van der Waals surface area contributed by atoms with Crippen LogP contribution in [0.15, 0.2) is 24.3 Å². The summed E-state index contributed by atoms with van der Waals surface area (Å²) >= 11 is 14.5. The van der Waals surface area contributed by atoms with Gasteiger partial charge in [-0.25, -0.2) is 8.42 Å². The van der Waals surface area contributed by atoms with Gasteiger partial charge in [-0.15, -0.1) is 0 Å². The van der Waals surface area contributed by atoms with Crippen molar-refractivity contribution in [2.75, 3.05) is 5.75 Å². The van der Waals surface area contributed by atoms with Crippen LogP contribution in [-0.2, 0) is 9.84 Å². The Morgan fingerprint density at radius 2 is 1.88 bits per heavy atom. The van der Waals surface area contributed by atoms with E-state index in [2.05, 4.69) is 15.9 Å². The van der Waals surface area contributed by atoms with E-state index >= 15 is 0 Å². The molecule has 0 saturated heterocycles. The molecule has 0 aliphatic heterocycles. The van der Waals surface area contributed by atoms with Gasteiger partial charge in [0.1, 0.15) is 6.10 Å². The third-order valence-corrected chi connectivity index (χ3v) is 7.19. The lowest BCUT2D eigenvalue weighted by Gasteiger charge is -2.25. The number of halogens is 3. The van der Waals surface area contributed by atoms with E-state index in [1.54, 1.807) is 12.1 Å². The van der Waals surface area contributed by atoms with Crippen LogP contribution in [0.1, 0.15) is 18.6 Å². The largest absolute Gasteiger partial charge is 0.385 e. The van der Waals surface area contributed by atoms with Gasteiger partial charge in [0, 0.05) is 5.02 Å². The first-order valence-corrected chi connectivity index (χ1v) is 7.96. The molecule has 1 aromatic rings. The summed E-state index contributed by atoms with van der Waals surface area (Å²) in [6, 6.07) is 6.16. The van der Waals surface area contributed by atoms with E-state index in [9.17, 15) is 13.5 Å². The molecule has 0 aliphatic carbocycles. The lowest BCUT2D eigenvalue weighted by molar-refractivity contribution is 0.185. The zero-order chi connectivity index (χ0) is 13.3. The Balaban J connectivity index is 3.12. The number of hydrogen-bond acceptors (Lipinski definition) is 3. The Morgan fingerprint density at radius 1 is 1.41 bits per heavy atom. The van der Waals surface area contributed by atoms with Crippen molar-refractivity contribution in [3.63, 3.8) is 0 Å². The fourth-order valence-corrected chi connectivity index (χ4v) is 3.59. The van der Waals surface area contributed by atoms with Crippen molar-refractivity contribution < 1.29 is 13.5 Å². The van der Waals surface area contributed by atoms with Gasteiger partial charge in [-0.05, 0) is 33.6 Å². The van der Waals surface area contributed by atoms with Gasteiger partial charge >= 0.3 is 0 Å². The van der Waals surface area contributed by atoms with E-state index in [0.717, 1.165) is 0 Å². The maximum Gasteiger partial charge on any atom is 0.229 e. The van der Waals surface area contributed by atoms with Crippen LogP contribution in [-0.4, -0.2) is 22.4 Å². The topological polar surface area (TPSA) is 54.4 Å². The molecular formula is C10H11BrCl2O3S. The fraction of sp³-hybridized carbons (Fsp3) is 0.400. The van der Waals surface area contributed by atoms with Crippen LogP contribution in [0.2, 0.25) is 5.02 Å². The maximum absolute atomic E-state index is 11.7. The normalized spacial score (nSPS) is 17.5. The minimum atomic E-state index is -3.66. The van der Waals surface area contributed by atoms with Gasteiger partial charge in [0.15, 0.2) is 9.84 Å². The third kappa shape index (κ3) is 3.15. The summed E-state index contributed by atoms with van der Waals surface area (Å²) in [6.07, 6.45) is -1.38. The van der Waals surface area contributed by atoms with Crippen LogP contribution in [0, 0.1) is 0 Å². The van der Waals surface area contributed by atoms with Crippen molar-refractivity contribution in [2.24, 2.45) is 0 Å². The standard InChI is InChI=1S/C10H11BrCl2O3S/c1-2-17(15,16)10(11,13)9(14)7-3-5-8(12)6-4-7/h3-6,9,14H,2H2,1H3/t9-,10-/m1/s1. The van der Waals surface area contributed by atoms with E-state index in [-0.39, 0.29) is 5.75 Å². The molecule has 0 unspecified atom stereocenters. The highest BCUT2D eigenvalue weighted by Crippen LogP contribution is 2.43. The van der Waals surface area contributed by atoms with Crippen molar-refractivity contribution in [3.05, 3.63) is 34.9 Å². The highest BCUT2D eigenvalue weighted by atomic mass is 79.9. The number of aliphatic hydroxyl groups excluding tert-OH is 1. The molecule has 1 N–H and O–H groups in total. The lowest BCUT2D eigenvalue weighted by atomic mass is 10.1. The van der Waals surface area contributed by atoms with E-state index < -0.39 is 19.1 Å². The molecule has 0 bridgehead atoms. The van der Waals surface area contributed by atoms with Crippen molar-refractivity contribution in [1.82, 2.24) is 0 Å². The lowest BCUT2D eigenvalue weighted by Crippen LogP contribution is -2.34. The zero-order valence-electron chi connectivity index (χ0n) is 8.90. The number of benzene rings is 1. The summed E-state index contributed by atoms with van der Waals surface area (Å²) in [4.78, 5) is 0. The van der Waals surface area contributed by atoms with Crippen molar-refractivity contribution in [2.45, 2.75) is 16.1 Å². The molecule has 0 spiro atoms. The molecule has 0 radical (unpaired) electrons. The number of hydrogen-bond donors (Lipinski definition) is 1. The minimum Gasteiger partial charge on any atom is -0.385 e. The molecule has 1 aromatic carbocycles. The number of sulfone groups is 1. The van der Waals surface area contributed by atoms with Crippen LogP contribution in [0.5, 0.6) is 0 Å². The monoisotopic (exact) mass is 360 g/mol. The van der Waals surface area contributed by atoms with Gasteiger partial charge in [0.2, 0.25) is 3.12 Å². The summed E-state index contributed by atoms with van der Waals surface area (Å²) in [5, 5.41) is 10.5. The third-order valence-electron chi connectivity index (χ3n) is 2.30. The molecule has 7 heteroatoms. The highest BCUT2D eigenvalue weighted by Gasteiger charge is 2.45. The molecule has 3 nitrogen and oxygen atoms in total. The second-order valence-corrected chi connectivity index (χ2v) is 9.36. The van der Waals surface area contributed by atoms with E-state index in [4.69, 9.17) is 23.2 Å². The van der Waals surface area contributed by atoms with E-state index in [0.29, 0.717) is 10.6 Å². The Hall–Kier alpha value is 0.190. The van der Waals surface area contributed by atoms with Gasteiger partial charge in [-0.1, -0.05) is 42.3 Å². The van der Waals surface area contributed by atoms with Crippen molar-refractivity contribution in [3.8, 4) is 0 Å². The summed E-state index contributed by atoms with van der Waals surface area (Å²) < 4.78 is 21.5. The predicted molar refractivity (Wildman–Crippen MR) is 73.4 cm³/mol. The Kier molecular flexibility index (Phi) is 4.88.